The molecular formula is C4H9BIN. The van der Waals surface area contributed by atoms with Crippen LogP contribution in [0.2, 0.25) is 13.1 Å². The molecule has 0 bridgehead atoms. The lowest BCUT2D eigenvalue weighted by molar-refractivity contribution is 0.780. The van der Waals surface area contributed by atoms with E-state index in [0.717, 1.165) is 6.85 Å². The summed E-state index contributed by atoms with van der Waals surface area (Å²) in [6.45, 7) is 4.40. The van der Waals surface area contributed by atoms with Crippen molar-refractivity contribution in [3.05, 3.63) is 0 Å². The van der Waals surface area contributed by atoms with Gasteiger partial charge in [-0.15, -0.1) is 0 Å². The predicted molar refractivity (Wildman–Crippen MR) is 41.8 cm³/mol. The third kappa shape index (κ3) is 1.32. The lowest BCUT2D eigenvalue weighted by atomic mass is 9.65. The van der Waals surface area contributed by atoms with Crippen LogP contribution in [-0.2, 0) is 0 Å². The second-order valence-corrected chi connectivity index (χ2v) is 3.35. The molecule has 1 aliphatic rings. The molecule has 0 N–H and O–H groups in total. The van der Waals surface area contributed by atoms with Crippen LogP contribution in [-0.4, -0.2) is 16.4 Å². The molecule has 1 saturated heterocycles. The molecule has 0 unspecified atom stereocenters. The van der Waals surface area contributed by atoms with Crippen molar-refractivity contribution < 1.29 is 0 Å². The molecule has 1 fully saturated rings. The van der Waals surface area contributed by atoms with Gasteiger partial charge in [-0.3, -0.25) is 3.02 Å². The zero-order chi connectivity index (χ0) is 5.28. The topological polar surface area (TPSA) is 3.24 Å². The summed E-state index contributed by atoms with van der Waals surface area (Å²) in [5.74, 6) is 0. The Balaban J connectivity index is 2.33. The van der Waals surface area contributed by atoms with E-state index in [-0.39, 0.29) is 0 Å². The first-order valence-electron chi connectivity index (χ1n) is 2.73. The van der Waals surface area contributed by atoms with Crippen LogP contribution in [0.1, 0.15) is 6.42 Å². The number of hydrogen-bond donors (Lipinski definition) is 0. The van der Waals surface area contributed by atoms with Crippen molar-refractivity contribution in [2.75, 3.05) is 6.54 Å². The Morgan fingerprint density at radius 1 is 1.71 bits per heavy atom. The van der Waals surface area contributed by atoms with Gasteiger partial charge in [0.15, 0.2) is 0 Å². The van der Waals surface area contributed by atoms with Gasteiger partial charge in [-0.25, -0.2) is 0 Å². The first kappa shape index (κ1) is 5.88. The molecule has 0 aliphatic carbocycles. The van der Waals surface area contributed by atoms with Crippen molar-refractivity contribution >= 4 is 29.7 Å². The number of rotatable bonds is 0. The van der Waals surface area contributed by atoms with E-state index in [1.165, 1.54) is 19.3 Å². The van der Waals surface area contributed by atoms with E-state index in [0.29, 0.717) is 0 Å². The molecule has 1 nitrogen and oxygen atoms in total. The average molecular weight is 209 g/mol. The molecule has 1 rings (SSSR count). The van der Waals surface area contributed by atoms with Crippen LogP contribution in [0.5, 0.6) is 0 Å². The minimum absolute atomic E-state index is 0.834. The summed E-state index contributed by atoms with van der Waals surface area (Å²) >= 11 is 2.39. The maximum atomic E-state index is 2.39. The minimum Gasteiger partial charge on any atom is -0.287 e. The first-order valence-corrected chi connectivity index (χ1v) is 3.69. The second-order valence-electron chi connectivity index (χ2n) is 2.11. The normalized spacial score (nSPS) is 24.0. The summed E-state index contributed by atoms with van der Waals surface area (Å²) in [4.78, 5) is 0. The van der Waals surface area contributed by atoms with Gasteiger partial charge >= 0.3 is 0 Å². The third-order valence-electron chi connectivity index (χ3n) is 1.47. The summed E-state index contributed by atoms with van der Waals surface area (Å²) in [5, 5.41) is 0. The van der Waals surface area contributed by atoms with E-state index in [4.69, 9.17) is 0 Å². The molecule has 0 spiro atoms. The lowest BCUT2D eigenvalue weighted by Crippen LogP contribution is -2.18. The van der Waals surface area contributed by atoms with Crippen molar-refractivity contribution in [3.8, 4) is 0 Å². The van der Waals surface area contributed by atoms with Crippen LogP contribution >= 0.6 is 22.9 Å². The molecule has 0 amide bonds. The van der Waals surface area contributed by atoms with Crippen molar-refractivity contribution in [1.29, 1.82) is 0 Å². The molecular weight excluding hydrogens is 200 g/mol. The van der Waals surface area contributed by atoms with Crippen LogP contribution in [0.4, 0.5) is 0 Å². The molecule has 0 atom stereocenters. The highest BCUT2D eigenvalue weighted by molar-refractivity contribution is 14.1. The molecule has 0 aromatic heterocycles. The monoisotopic (exact) mass is 209 g/mol. The number of hydrogen-bond acceptors (Lipinski definition) is 1. The highest BCUT2D eigenvalue weighted by Crippen LogP contribution is 2.17. The predicted octanol–water partition coefficient (Wildman–Crippen LogP) is 1.66. The quantitative estimate of drug-likeness (QED) is 0.333. The van der Waals surface area contributed by atoms with E-state index in [1.54, 1.807) is 0 Å². The van der Waals surface area contributed by atoms with Crippen molar-refractivity contribution in [2.24, 2.45) is 0 Å². The summed E-state index contributed by atoms with van der Waals surface area (Å²) < 4.78 is 2.37. The first-order chi connectivity index (χ1) is 3.30. The zero-order valence-corrected chi connectivity index (χ0v) is 6.68. The summed E-state index contributed by atoms with van der Waals surface area (Å²) in [7, 11) is 0. The lowest BCUT2D eigenvalue weighted by Gasteiger charge is -2.05. The number of nitrogens with zero attached hydrogens (tertiary/aromatic N) is 1. The maximum Gasteiger partial charge on any atom is 0.231 e. The zero-order valence-electron chi connectivity index (χ0n) is 4.52. The van der Waals surface area contributed by atoms with Crippen LogP contribution in [0.15, 0.2) is 0 Å². The number of halogens is 1. The van der Waals surface area contributed by atoms with Gasteiger partial charge in [0.2, 0.25) is 6.85 Å². The summed E-state index contributed by atoms with van der Waals surface area (Å²) in [5.41, 5.74) is 0. The van der Waals surface area contributed by atoms with Crippen LogP contribution in [0, 0.1) is 0 Å². The van der Waals surface area contributed by atoms with Crippen molar-refractivity contribution in [1.82, 2.24) is 3.02 Å². The average Bonchev–Trinajstić information content (AvgIpc) is 1.91. The third-order valence-corrected chi connectivity index (χ3v) is 2.91. The van der Waals surface area contributed by atoms with Crippen LogP contribution in [0.25, 0.3) is 0 Å². The van der Waals surface area contributed by atoms with E-state index in [1.807, 2.05) is 0 Å². The fourth-order valence-electron chi connectivity index (χ4n) is 0.898. The Hall–Kier alpha value is 0.755. The van der Waals surface area contributed by atoms with Gasteiger partial charge in [-0.1, -0.05) is 13.1 Å². The Kier molecular flexibility index (Phi) is 1.98. The van der Waals surface area contributed by atoms with E-state index < -0.39 is 0 Å². The van der Waals surface area contributed by atoms with Gasteiger partial charge in [0.05, 0.1) is 0 Å². The van der Waals surface area contributed by atoms with E-state index in [2.05, 4.69) is 32.7 Å². The Morgan fingerprint density at radius 2 is 2.43 bits per heavy atom. The Labute approximate surface area is 59.1 Å². The van der Waals surface area contributed by atoms with Gasteiger partial charge in [-0.05, 0) is 13.0 Å². The molecule has 40 valence electrons. The summed E-state index contributed by atoms with van der Waals surface area (Å²) in [6, 6.07) is 0. The maximum absolute atomic E-state index is 2.39. The highest BCUT2D eigenvalue weighted by Gasteiger charge is 2.20. The fraction of sp³-hybridized carbons (Fsp3) is 1.00. The second kappa shape index (κ2) is 2.35. The van der Waals surface area contributed by atoms with Gasteiger partial charge in [-0.2, -0.15) is 0 Å². The minimum atomic E-state index is 0.834. The van der Waals surface area contributed by atoms with E-state index in [9.17, 15) is 0 Å². The standard InChI is InChI=1S/C4H9BIN/c1-5-3-2-4-7(5)6/h2-4H2,1H3. The highest BCUT2D eigenvalue weighted by atomic mass is 127. The Bertz CT molecular complexity index is 60.7. The van der Waals surface area contributed by atoms with Gasteiger partial charge in [0, 0.05) is 22.9 Å². The smallest absolute Gasteiger partial charge is 0.231 e. The fourth-order valence-corrected chi connectivity index (χ4v) is 1.52. The van der Waals surface area contributed by atoms with Crippen LogP contribution < -0.4 is 0 Å². The molecule has 7 heavy (non-hydrogen) atoms. The van der Waals surface area contributed by atoms with Gasteiger partial charge in [0.1, 0.15) is 0 Å². The molecule has 0 saturated carbocycles. The molecule has 3 heteroatoms. The molecule has 0 radical (unpaired) electrons. The SMILES string of the molecule is CB1CCCN1I. The molecule has 0 aromatic carbocycles. The molecule has 1 heterocycles. The van der Waals surface area contributed by atoms with Crippen molar-refractivity contribution in [2.45, 2.75) is 19.6 Å². The molecule has 0 aromatic rings. The largest absolute Gasteiger partial charge is 0.287 e. The van der Waals surface area contributed by atoms with E-state index >= 15 is 0 Å². The van der Waals surface area contributed by atoms with Gasteiger partial charge < -0.3 is 0 Å². The molecule has 1 aliphatic heterocycles. The Morgan fingerprint density at radius 3 is 2.57 bits per heavy atom. The van der Waals surface area contributed by atoms with Crippen molar-refractivity contribution in [3.63, 3.8) is 0 Å². The summed E-state index contributed by atoms with van der Waals surface area (Å²) in [6.07, 6.45) is 2.78. The van der Waals surface area contributed by atoms with Crippen LogP contribution in [0.3, 0.4) is 0 Å². The van der Waals surface area contributed by atoms with Gasteiger partial charge in [0.25, 0.3) is 0 Å².